The van der Waals surface area contributed by atoms with E-state index in [0.29, 0.717) is 0 Å². The molecule has 0 aliphatic carbocycles. The first-order valence-corrected chi connectivity index (χ1v) is 13.4. The Hall–Kier alpha value is -2.16. The molecule has 1 aliphatic rings. The minimum atomic E-state index is -3.82. The Bertz CT molecular complexity index is 1070. The van der Waals surface area contributed by atoms with Gasteiger partial charge in [0.15, 0.2) is 0 Å². The van der Waals surface area contributed by atoms with Crippen LogP contribution >= 0.6 is 11.6 Å². The van der Waals surface area contributed by atoms with Gasteiger partial charge in [0.1, 0.15) is 11.9 Å². The Balaban J connectivity index is 1.71. The fourth-order valence-corrected chi connectivity index (χ4v) is 5.58. The van der Waals surface area contributed by atoms with E-state index >= 15 is 0 Å². The van der Waals surface area contributed by atoms with Gasteiger partial charge in [-0.2, -0.15) is 0 Å². The molecule has 1 atom stereocenters. The summed E-state index contributed by atoms with van der Waals surface area (Å²) in [4.78, 5) is 15.5. The summed E-state index contributed by atoms with van der Waals surface area (Å²) in [5.74, 6) is -1.08. The van der Waals surface area contributed by atoms with E-state index in [4.69, 9.17) is 11.6 Å². The summed E-state index contributed by atoms with van der Waals surface area (Å²) >= 11 is 5.86. The third-order valence-electron chi connectivity index (χ3n) is 5.80. The fraction of sp³-hybridized carbons (Fsp3) is 0.458. The molecule has 2 aromatic rings. The molecule has 180 valence electrons. The molecule has 0 radical (unpaired) electrons. The number of halogens is 2. The van der Waals surface area contributed by atoms with Crippen LogP contribution in [0.4, 0.5) is 10.1 Å². The Morgan fingerprint density at radius 1 is 1.15 bits per heavy atom. The largest absolute Gasteiger partial charge is 0.350 e. The van der Waals surface area contributed by atoms with Crippen LogP contribution in [0.3, 0.4) is 0 Å². The number of sulfonamides is 1. The van der Waals surface area contributed by atoms with Crippen LogP contribution in [0.2, 0.25) is 5.02 Å². The van der Waals surface area contributed by atoms with Gasteiger partial charge >= 0.3 is 0 Å². The number of rotatable bonds is 9. The smallest absolute Gasteiger partial charge is 0.244 e. The van der Waals surface area contributed by atoms with Crippen molar-refractivity contribution in [3.05, 3.63) is 64.4 Å². The molecule has 6 nitrogen and oxygen atoms in total. The van der Waals surface area contributed by atoms with E-state index < -0.39 is 27.8 Å². The Morgan fingerprint density at radius 2 is 1.85 bits per heavy atom. The van der Waals surface area contributed by atoms with Crippen molar-refractivity contribution in [3.8, 4) is 0 Å². The van der Waals surface area contributed by atoms with E-state index in [1.165, 1.54) is 37.0 Å². The molecular formula is C24H31ClFN3O3S. The van der Waals surface area contributed by atoms with Gasteiger partial charge in [0.05, 0.1) is 17.0 Å². The van der Waals surface area contributed by atoms with Gasteiger partial charge in [0, 0.05) is 13.1 Å². The van der Waals surface area contributed by atoms with Crippen LogP contribution < -0.4 is 9.62 Å². The summed E-state index contributed by atoms with van der Waals surface area (Å²) in [5.41, 5.74) is 2.28. The molecular weight excluding hydrogens is 465 g/mol. The minimum absolute atomic E-state index is 0.148. The van der Waals surface area contributed by atoms with Gasteiger partial charge in [-0.15, -0.1) is 0 Å². The molecule has 0 spiro atoms. The van der Waals surface area contributed by atoms with Crippen LogP contribution in [0.25, 0.3) is 0 Å². The SMILES string of the molecule is CC[C@@H](C(=O)NCc1cccc(CN2CCCCC2)c1)N(c1ccc(F)c(Cl)c1)S(C)(=O)=O. The lowest BCUT2D eigenvalue weighted by Crippen LogP contribution is -2.49. The lowest BCUT2D eigenvalue weighted by molar-refractivity contribution is -0.122. The highest BCUT2D eigenvalue weighted by Gasteiger charge is 2.31. The zero-order valence-electron chi connectivity index (χ0n) is 19.1. The lowest BCUT2D eigenvalue weighted by atomic mass is 10.1. The van der Waals surface area contributed by atoms with Gasteiger partial charge in [-0.25, -0.2) is 12.8 Å². The van der Waals surface area contributed by atoms with Gasteiger partial charge in [-0.05, 0) is 61.7 Å². The first kappa shape index (κ1) is 25.5. The maximum absolute atomic E-state index is 13.6. The van der Waals surface area contributed by atoms with Crippen LogP contribution in [0.15, 0.2) is 42.5 Å². The van der Waals surface area contributed by atoms with Crippen molar-refractivity contribution in [2.45, 2.75) is 51.7 Å². The number of amides is 1. The van der Waals surface area contributed by atoms with Crippen LogP contribution in [0, 0.1) is 5.82 Å². The monoisotopic (exact) mass is 495 g/mol. The van der Waals surface area contributed by atoms with Gasteiger partial charge in [-0.1, -0.05) is 49.2 Å². The van der Waals surface area contributed by atoms with E-state index in [1.807, 2.05) is 12.1 Å². The number of nitrogens with zero attached hydrogens (tertiary/aromatic N) is 2. The molecule has 1 N–H and O–H groups in total. The fourth-order valence-electron chi connectivity index (χ4n) is 4.20. The number of carbonyl (C=O) groups is 1. The molecule has 0 unspecified atom stereocenters. The molecule has 1 amide bonds. The number of hydrogen-bond donors (Lipinski definition) is 1. The normalized spacial score (nSPS) is 15.8. The maximum atomic E-state index is 13.6. The van der Waals surface area contributed by atoms with Crippen molar-refractivity contribution in [3.63, 3.8) is 0 Å². The van der Waals surface area contributed by atoms with E-state index in [-0.39, 0.29) is 23.7 Å². The third-order valence-corrected chi connectivity index (χ3v) is 7.27. The zero-order valence-corrected chi connectivity index (χ0v) is 20.6. The molecule has 1 heterocycles. The number of anilines is 1. The molecule has 1 fully saturated rings. The number of hydrogen-bond acceptors (Lipinski definition) is 4. The Kier molecular flexibility index (Phi) is 8.73. The molecule has 0 saturated carbocycles. The van der Waals surface area contributed by atoms with Crippen LogP contribution in [0.5, 0.6) is 0 Å². The number of benzene rings is 2. The standard InChI is InChI=1S/C24H31ClFN3O3S/c1-3-23(29(33(2,31)32)20-10-11-22(26)21(25)15-20)24(30)27-16-18-8-7-9-19(14-18)17-28-12-5-4-6-13-28/h7-11,14-15,23H,3-6,12-13,16-17H2,1-2H3,(H,27,30)/t23-/m0/s1. The van der Waals surface area contributed by atoms with E-state index in [0.717, 1.165) is 41.8 Å². The highest BCUT2D eigenvalue weighted by atomic mass is 35.5. The highest BCUT2D eigenvalue weighted by molar-refractivity contribution is 7.92. The zero-order chi connectivity index (χ0) is 24.0. The van der Waals surface area contributed by atoms with Gasteiger partial charge < -0.3 is 5.32 Å². The van der Waals surface area contributed by atoms with Crippen molar-refractivity contribution >= 4 is 33.2 Å². The van der Waals surface area contributed by atoms with Crippen LogP contribution in [-0.2, 0) is 27.9 Å². The van der Waals surface area contributed by atoms with E-state index in [9.17, 15) is 17.6 Å². The second kappa shape index (κ2) is 11.3. The number of piperidine rings is 1. The summed E-state index contributed by atoms with van der Waals surface area (Å²) in [5, 5.41) is 2.66. The number of carbonyl (C=O) groups excluding carboxylic acids is 1. The molecule has 9 heteroatoms. The predicted molar refractivity (Wildman–Crippen MR) is 130 cm³/mol. The van der Waals surface area contributed by atoms with Gasteiger partial charge in [-0.3, -0.25) is 14.0 Å². The molecule has 3 rings (SSSR count). The first-order valence-electron chi connectivity index (χ1n) is 11.2. The quantitative estimate of drug-likeness (QED) is 0.562. The van der Waals surface area contributed by atoms with Gasteiger partial charge in [0.25, 0.3) is 0 Å². The first-order chi connectivity index (χ1) is 15.7. The van der Waals surface area contributed by atoms with Crippen molar-refractivity contribution in [1.29, 1.82) is 0 Å². The topological polar surface area (TPSA) is 69.7 Å². The van der Waals surface area contributed by atoms with Crippen molar-refractivity contribution in [1.82, 2.24) is 10.2 Å². The van der Waals surface area contributed by atoms with Gasteiger partial charge in [0.2, 0.25) is 15.9 Å². The van der Waals surface area contributed by atoms with Crippen molar-refractivity contribution in [2.75, 3.05) is 23.7 Å². The van der Waals surface area contributed by atoms with E-state index in [2.05, 4.69) is 22.3 Å². The molecule has 1 aliphatic heterocycles. The molecule has 2 aromatic carbocycles. The molecule has 0 aromatic heterocycles. The summed E-state index contributed by atoms with van der Waals surface area (Å²) in [6.07, 6.45) is 5.00. The molecule has 33 heavy (non-hydrogen) atoms. The minimum Gasteiger partial charge on any atom is -0.350 e. The maximum Gasteiger partial charge on any atom is 0.244 e. The Labute approximate surface area is 200 Å². The average molecular weight is 496 g/mol. The third kappa shape index (κ3) is 6.91. The highest BCUT2D eigenvalue weighted by Crippen LogP contribution is 2.27. The summed E-state index contributed by atoms with van der Waals surface area (Å²) in [6.45, 7) is 5.10. The van der Waals surface area contributed by atoms with E-state index in [1.54, 1.807) is 6.92 Å². The van der Waals surface area contributed by atoms with Crippen molar-refractivity contribution < 1.29 is 17.6 Å². The summed E-state index contributed by atoms with van der Waals surface area (Å²) in [7, 11) is -3.82. The van der Waals surface area contributed by atoms with Crippen LogP contribution in [-0.4, -0.2) is 44.6 Å². The molecule has 0 bridgehead atoms. The second-order valence-electron chi connectivity index (χ2n) is 8.46. The van der Waals surface area contributed by atoms with Crippen molar-refractivity contribution in [2.24, 2.45) is 0 Å². The number of likely N-dealkylation sites (tertiary alicyclic amines) is 1. The second-order valence-corrected chi connectivity index (χ2v) is 10.7. The lowest BCUT2D eigenvalue weighted by Gasteiger charge is -2.30. The summed E-state index contributed by atoms with van der Waals surface area (Å²) < 4.78 is 39.7. The summed E-state index contributed by atoms with van der Waals surface area (Å²) in [6, 6.07) is 10.7. The molecule has 1 saturated heterocycles. The average Bonchev–Trinajstić information content (AvgIpc) is 2.78. The van der Waals surface area contributed by atoms with Crippen LogP contribution in [0.1, 0.15) is 43.7 Å². The number of nitrogens with one attached hydrogen (secondary N) is 1. The predicted octanol–water partition coefficient (Wildman–Crippen LogP) is 4.33. The Morgan fingerprint density at radius 3 is 2.48 bits per heavy atom.